The van der Waals surface area contributed by atoms with Gasteiger partial charge in [0, 0.05) is 30.0 Å². The molecule has 1 aromatic rings. The van der Waals surface area contributed by atoms with Gasteiger partial charge in [-0.05, 0) is 45.9 Å². The summed E-state index contributed by atoms with van der Waals surface area (Å²) in [5, 5.41) is 3.17. The number of nitrogens with one attached hydrogen (secondary N) is 1. The van der Waals surface area contributed by atoms with Crippen molar-refractivity contribution in [3.05, 3.63) is 21.4 Å². The van der Waals surface area contributed by atoms with E-state index in [-0.39, 0.29) is 5.60 Å². The molecule has 18 heavy (non-hydrogen) atoms. The van der Waals surface area contributed by atoms with Crippen LogP contribution >= 0.6 is 11.3 Å². The van der Waals surface area contributed by atoms with Gasteiger partial charge in [-0.3, -0.25) is 0 Å². The van der Waals surface area contributed by atoms with Gasteiger partial charge in [-0.15, -0.1) is 11.3 Å². The van der Waals surface area contributed by atoms with E-state index in [2.05, 4.69) is 32.2 Å². The van der Waals surface area contributed by atoms with E-state index in [1.165, 1.54) is 15.3 Å². The molecule has 0 atom stereocenters. The number of hydrogen-bond donors (Lipinski definition) is 1. The standard InChI is InChI=1S/C14H25NO2S/c1-11-12(8-13(18-11)9-15-4)10-17-7-6-14(2,3)16-5/h8,15H,6-7,9-10H2,1-5H3. The average molecular weight is 271 g/mol. The van der Waals surface area contributed by atoms with Gasteiger partial charge in [0.2, 0.25) is 0 Å². The van der Waals surface area contributed by atoms with Gasteiger partial charge in [-0.2, -0.15) is 0 Å². The normalized spacial score (nSPS) is 12.1. The Labute approximate surface area is 114 Å². The minimum absolute atomic E-state index is 0.0962. The Kier molecular flexibility index (Phi) is 6.29. The third-order valence-corrected chi connectivity index (χ3v) is 4.17. The monoisotopic (exact) mass is 271 g/mol. The van der Waals surface area contributed by atoms with E-state index in [1.807, 2.05) is 18.4 Å². The third kappa shape index (κ3) is 5.06. The number of methoxy groups -OCH3 is 1. The average Bonchev–Trinajstić information content (AvgIpc) is 2.66. The maximum atomic E-state index is 5.74. The zero-order chi connectivity index (χ0) is 13.6. The first kappa shape index (κ1) is 15.6. The lowest BCUT2D eigenvalue weighted by atomic mass is 10.1. The second-order valence-corrected chi connectivity index (χ2v) is 6.43. The molecule has 0 saturated heterocycles. The molecule has 0 aromatic carbocycles. The van der Waals surface area contributed by atoms with Crippen LogP contribution in [0, 0.1) is 6.92 Å². The van der Waals surface area contributed by atoms with E-state index in [0.717, 1.165) is 19.6 Å². The summed E-state index contributed by atoms with van der Waals surface area (Å²) in [7, 11) is 3.71. The van der Waals surface area contributed by atoms with Crippen LogP contribution in [0.1, 0.15) is 35.6 Å². The van der Waals surface area contributed by atoms with Crippen LogP contribution in [-0.2, 0) is 22.6 Å². The van der Waals surface area contributed by atoms with Crippen molar-refractivity contribution in [2.75, 3.05) is 20.8 Å². The molecular formula is C14H25NO2S. The van der Waals surface area contributed by atoms with E-state index < -0.39 is 0 Å². The van der Waals surface area contributed by atoms with E-state index in [4.69, 9.17) is 9.47 Å². The Morgan fingerprint density at radius 3 is 2.72 bits per heavy atom. The second-order valence-electron chi connectivity index (χ2n) is 5.09. The molecule has 0 radical (unpaired) electrons. The molecule has 0 bridgehead atoms. The van der Waals surface area contributed by atoms with Crippen molar-refractivity contribution in [1.29, 1.82) is 0 Å². The van der Waals surface area contributed by atoms with Crippen LogP contribution in [0.4, 0.5) is 0 Å². The van der Waals surface area contributed by atoms with Crippen molar-refractivity contribution in [2.24, 2.45) is 0 Å². The fourth-order valence-electron chi connectivity index (χ4n) is 1.59. The zero-order valence-electron chi connectivity index (χ0n) is 12.1. The Balaban J connectivity index is 2.35. The summed E-state index contributed by atoms with van der Waals surface area (Å²) in [6.45, 7) is 8.68. The van der Waals surface area contributed by atoms with Crippen LogP contribution < -0.4 is 5.32 Å². The molecule has 0 unspecified atom stereocenters. The summed E-state index contributed by atoms with van der Waals surface area (Å²) in [5.41, 5.74) is 1.21. The second kappa shape index (κ2) is 7.24. The number of thiophene rings is 1. The highest BCUT2D eigenvalue weighted by atomic mass is 32.1. The quantitative estimate of drug-likeness (QED) is 0.737. The Bertz CT molecular complexity index is 361. The van der Waals surface area contributed by atoms with Crippen LogP contribution in [0.25, 0.3) is 0 Å². The third-order valence-electron chi connectivity index (χ3n) is 3.08. The van der Waals surface area contributed by atoms with Gasteiger partial charge in [0.1, 0.15) is 0 Å². The largest absolute Gasteiger partial charge is 0.379 e. The predicted octanol–water partition coefficient (Wildman–Crippen LogP) is 3.11. The first-order valence-electron chi connectivity index (χ1n) is 6.34. The van der Waals surface area contributed by atoms with Crippen LogP contribution in [-0.4, -0.2) is 26.4 Å². The summed E-state index contributed by atoms with van der Waals surface area (Å²) in [4.78, 5) is 2.72. The van der Waals surface area contributed by atoms with Crippen molar-refractivity contribution in [2.45, 2.75) is 45.9 Å². The summed E-state index contributed by atoms with van der Waals surface area (Å²) < 4.78 is 11.1. The SMILES string of the molecule is CNCc1cc(COCCC(C)(C)OC)c(C)s1. The molecule has 0 fully saturated rings. The van der Waals surface area contributed by atoms with Gasteiger partial charge in [0.25, 0.3) is 0 Å². The Hall–Kier alpha value is -0.420. The molecule has 0 amide bonds. The number of hydrogen-bond acceptors (Lipinski definition) is 4. The Morgan fingerprint density at radius 1 is 1.39 bits per heavy atom. The zero-order valence-corrected chi connectivity index (χ0v) is 12.9. The highest BCUT2D eigenvalue weighted by molar-refractivity contribution is 7.12. The molecule has 104 valence electrons. The van der Waals surface area contributed by atoms with E-state index in [1.54, 1.807) is 7.11 Å². The first-order chi connectivity index (χ1) is 8.48. The van der Waals surface area contributed by atoms with Crippen LogP contribution in [0.5, 0.6) is 0 Å². The summed E-state index contributed by atoms with van der Waals surface area (Å²) in [5.74, 6) is 0. The summed E-state index contributed by atoms with van der Waals surface area (Å²) in [6, 6.07) is 2.23. The molecule has 0 aliphatic carbocycles. The maximum absolute atomic E-state index is 5.74. The van der Waals surface area contributed by atoms with E-state index in [9.17, 15) is 0 Å². The molecule has 0 aliphatic heterocycles. The van der Waals surface area contributed by atoms with Gasteiger partial charge < -0.3 is 14.8 Å². The highest BCUT2D eigenvalue weighted by Gasteiger charge is 2.15. The van der Waals surface area contributed by atoms with E-state index in [0.29, 0.717) is 6.61 Å². The molecular weight excluding hydrogens is 246 g/mol. The van der Waals surface area contributed by atoms with Crippen LogP contribution in [0.2, 0.25) is 0 Å². The lowest BCUT2D eigenvalue weighted by molar-refractivity contribution is -0.0124. The molecule has 0 spiro atoms. The molecule has 0 aliphatic rings. The van der Waals surface area contributed by atoms with Crippen LogP contribution in [0.3, 0.4) is 0 Å². The van der Waals surface area contributed by atoms with Gasteiger partial charge >= 0.3 is 0 Å². The molecule has 1 N–H and O–H groups in total. The molecule has 3 nitrogen and oxygen atoms in total. The number of ether oxygens (including phenoxy) is 2. The number of rotatable bonds is 8. The molecule has 1 heterocycles. The van der Waals surface area contributed by atoms with Gasteiger partial charge in [0.05, 0.1) is 12.2 Å². The van der Waals surface area contributed by atoms with Crippen molar-refractivity contribution in [3.63, 3.8) is 0 Å². The van der Waals surface area contributed by atoms with Gasteiger partial charge in [-0.1, -0.05) is 0 Å². The predicted molar refractivity (Wildman–Crippen MR) is 77.2 cm³/mol. The molecule has 1 rings (SSSR count). The minimum atomic E-state index is -0.0962. The van der Waals surface area contributed by atoms with E-state index >= 15 is 0 Å². The van der Waals surface area contributed by atoms with Crippen molar-refractivity contribution < 1.29 is 9.47 Å². The molecule has 4 heteroatoms. The maximum Gasteiger partial charge on any atom is 0.0727 e. The smallest absolute Gasteiger partial charge is 0.0727 e. The lowest BCUT2D eigenvalue weighted by Crippen LogP contribution is -2.24. The van der Waals surface area contributed by atoms with Gasteiger partial charge in [-0.25, -0.2) is 0 Å². The van der Waals surface area contributed by atoms with Crippen molar-refractivity contribution in [3.8, 4) is 0 Å². The van der Waals surface area contributed by atoms with Crippen molar-refractivity contribution >= 4 is 11.3 Å². The summed E-state index contributed by atoms with van der Waals surface area (Å²) >= 11 is 1.84. The van der Waals surface area contributed by atoms with Crippen LogP contribution in [0.15, 0.2) is 6.07 Å². The molecule has 1 aromatic heterocycles. The topological polar surface area (TPSA) is 30.5 Å². The number of aryl methyl sites for hydroxylation is 1. The molecule has 0 saturated carbocycles. The van der Waals surface area contributed by atoms with Crippen molar-refractivity contribution in [1.82, 2.24) is 5.32 Å². The summed E-state index contributed by atoms with van der Waals surface area (Å²) in [6.07, 6.45) is 0.913. The Morgan fingerprint density at radius 2 is 2.11 bits per heavy atom. The fraction of sp³-hybridized carbons (Fsp3) is 0.714. The fourth-order valence-corrected chi connectivity index (χ4v) is 2.65. The first-order valence-corrected chi connectivity index (χ1v) is 7.16. The van der Waals surface area contributed by atoms with Gasteiger partial charge in [0.15, 0.2) is 0 Å². The minimum Gasteiger partial charge on any atom is -0.379 e. The highest BCUT2D eigenvalue weighted by Crippen LogP contribution is 2.22. The lowest BCUT2D eigenvalue weighted by Gasteiger charge is -2.22.